The Morgan fingerprint density at radius 2 is 2.09 bits per heavy atom. The monoisotopic (exact) mass is 340 g/mol. The number of carbonyl (C=O) groups is 1. The Morgan fingerprint density at radius 3 is 2.78 bits per heavy atom. The number of nitro benzene ring substituents is 1. The van der Waals surface area contributed by atoms with Gasteiger partial charge in [-0.1, -0.05) is 30.9 Å². The maximum Gasteiger partial charge on any atom is 0.270 e. The van der Waals surface area contributed by atoms with Gasteiger partial charge in [0.1, 0.15) is 0 Å². The number of amides is 1. The molecule has 1 aliphatic rings. The molecule has 126 valence electrons. The molecule has 1 saturated carbocycles. The van der Waals surface area contributed by atoms with Crippen molar-refractivity contribution < 1.29 is 14.5 Å². The van der Waals surface area contributed by atoms with E-state index in [4.69, 9.17) is 16.3 Å². The van der Waals surface area contributed by atoms with Crippen molar-refractivity contribution in [2.75, 3.05) is 13.2 Å². The van der Waals surface area contributed by atoms with Crippen molar-refractivity contribution in [1.82, 2.24) is 5.32 Å². The van der Waals surface area contributed by atoms with Crippen molar-refractivity contribution >= 4 is 23.2 Å². The molecular weight excluding hydrogens is 320 g/mol. The van der Waals surface area contributed by atoms with E-state index in [9.17, 15) is 14.9 Å². The fraction of sp³-hybridized carbons (Fsp3) is 0.562. The zero-order valence-corrected chi connectivity index (χ0v) is 13.7. The summed E-state index contributed by atoms with van der Waals surface area (Å²) in [6.07, 6.45) is 7.05. The molecule has 23 heavy (non-hydrogen) atoms. The smallest absolute Gasteiger partial charge is 0.270 e. The number of rotatable bonds is 7. The number of nitrogens with one attached hydrogen (secondary N) is 1. The molecule has 1 N–H and O–H groups in total. The van der Waals surface area contributed by atoms with Gasteiger partial charge in [-0.25, -0.2) is 0 Å². The van der Waals surface area contributed by atoms with Crippen molar-refractivity contribution in [3.8, 4) is 0 Å². The first-order chi connectivity index (χ1) is 11.1. The molecule has 1 amide bonds. The molecule has 1 fully saturated rings. The van der Waals surface area contributed by atoms with Crippen molar-refractivity contribution in [1.29, 1.82) is 0 Å². The molecule has 0 radical (unpaired) electrons. The van der Waals surface area contributed by atoms with Crippen LogP contribution in [0.25, 0.3) is 0 Å². The Kier molecular flexibility index (Phi) is 6.80. The summed E-state index contributed by atoms with van der Waals surface area (Å²) in [5.74, 6) is -0.406. The lowest BCUT2D eigenvalue weighted by molar-refractivity contribution is -0.384. The molecule has 6 nitrogen and oxygen atoms in total. The van der Waals surface area contributed by atoms with Crippen molar-refractivity contribution in [3.63, 3.8) is 0 Å². The van der Waals surface area contributed by atoms with E-state index in [1.165, 1.54) is 37.5 Å². The average Bonchev–Trinajstić information content (AvgIpc) is 2.55. The molecule has 1 aliphatic carbocycles. The predicted octanol–water partition coefficient (Wildman–Crippen LogP) is 3.72. The van der Waals surface area contributed by atoms with Crippen molar-refractivity contribution in [2.24, 2.45) is 0 Å². The molecule has 0 saturated heterocycles. The molecular formula is C16H21ClN2O4. The predicted molar refractivity (Wildman–Crippen MR) is 87.9 cm³/mol. The molecule has 0 bridgehead atoms. The second kappa shape index (κ2) is 8.84. The SMILES string of the molecule is O=C(NCCCOC1CCCCC1)c1cc([N+](=O)[O-])ccc1Cl. The normalized spacial score (nSPS) is 15.3. The maximum absolute atomic E-state index is 12.0. The molecule has 7 heteroatoms. The fourth-order valence-electron chi connectivity index (χ4n) is 2.65. The van der Waals surface area contributed by atoms with E-state index < -0.39 is 10.8 Å². The third kappa shape index (κ3) is 5.48. The number of nitro groups is 1. The topological polar surface area (TPSA) is 81.5 Å². The van der Waals surface area contributed by atoms with Gasteiger partial charge in [0.25, 0.3) is 11.6 Å². The van der Waals surface area contributed by atoms with E-state index in [1.54, 1.807) is 0 Å². The van der Waals surface area contributed by atoms with Gasteiger partial charge in [0.05, 0.1) is 21.6 Å². The van der Waals surface area contributed by atoms with Gasteiger partial charge >= 0.3 is 0 Å². The van der Waals surface area contributed by atoms with Crippen LogP contribution in [0.2, 0.25) is 5.02 Å². The van der Waals surface area contributed by atoms with E-state index >= 15 is 0 Å². The van der Waals surface area contributed by atoms with Gasteiger partial charge < -0.3 is 10.1 Å². The summed E-state index contributed by atoms with van der Waals surface area (Å²) in [5, 5.41) is 13.7. The average molecular weight is 341 g/mol. The van der Waals surface area contributed by atoms with Gasteiger partial charge in [0.15, 0.2) is 0 Å². The van der Waals surface area contributed by atoms with Crippen molar-refractivity contribution in [3.05, 3.63) is 38.9 Å². The van der Waals surface area contributed by atoms with Gasteiger partial charge in [-0.15, -0.1) is 0 Å². The summed E-state index contributed by atoms with van der Waals surface area (Å²) in [7, 11) is 0. The number of ether oxygens (including phenoxy) is 1. The van der Waals surface area contributed by atoms with E-state index in [2.05, 4.69) is 5.32 Å². The Labute approximate surface area is 140 Å². The number of hydrogen-bond donors (Lipinski definition) is 1. The second-order valence-corrected chi connectivity index (χ2v) is 6.07. The summed E-state index contributed by atoms with van der Waals surface area (Å²) < 4.78 is 5.78. The maximum atomic E-state index is 12.0. The van der Waals surface area contributed by atoms with Gasteiger partial charge in [0, 0.05) is 25.3 Å². The van der Waals surface area contributed by atoms with Gasteiger partial charge in [-0.2, -0.15) is 0 Å². The number of non-ortho nitro benzene ring substituents is 1. The summed E-state index contributed by atoms with van der Waals surface area (Å²) in [4.78, 5) is 22.2. The first-order valence-corrected chi connectivity index (χ1v) is 8.29. The van der Waals surface area contributed by atoms with Crippen LogP contribution in [-0.4, -0.2) is 30.1 Å². The molecule has 0 atom stereocenters. The number of hydrogen-bond acceptors (Lipinski definition) is 4. The minimum atomic E-state index is -0.550. The van der Waals surface area contributed by atoms with Crippen LogP contribution < -0.4 is 5.32 Å². The van der Waals surface area contributed by atoms with Crippen LogP contribution >= 0.6 is 11.6 Å². The van der Waals surface area contributed by atoms with Gasteiger partial charge in [0.2, 0.25) is 0 Å². The van der Waals surface area contributed by atoms with Crippen molar-refractivity contribution in [2.45, 2.75) is 44.6 Å². The van der Waals surface area contributed by atoms with Gasteiger partial charge in [-0.3, -0.25) is 14.9 Å². The lowest BCUT2D eigenvalue weighted by Gasteiger charge is -2.21. The van der Waals surface area contributed by atoms with Crippen LogP contribution in [-0.2, 0) is 4.74 Å². The van der Waals surface area contributed by atoms with E-state index in [0.717, 1.165) is 12.8 Å². The largest absolute Gasteiger partial charge is 0.378 e. The second-order valence-electron chi connectivity index (χ2n) is 5.66. The zero-order chi connectivity index (χ0) is 16.7. The Balaban J connectivity index is 1.74. The molecule has 2 rings (SSSR count). The van der Waals surface area contributed by atoms with Gasteiger partial charge in [-0.05, 0) is 25.3 Å². The van der Waals surface area contributed by atoms with Crippen LogP contribution in [0.15, 0.2) is 18.2 Å². The summed E-state index contributed by atoms with van der Waals surface area (Å²) in [6.45, 7) is 1.05. The highest BCUT2D eigenvalue weighted by molar-refractivity contribution is 6.33. The third-order valence-corrected chi connectivity index (χ3v) is 4.25. The first kappa shape index (κ1) is 17.7. The summed E-state index contributed by atoms with van der Waals surface area (Å²) in [5.41, 5.74) is -0.0331. The third-order valence-electron chi connectivity index (χ3n) is 3.92. The zero-order valence-electron chi connectivity index (χ0n) is 12.9. The van der Waals surface area contributed by atoms with Crippen LogP contribution in [0.3, 0.4) is 0 Å². The van der Waals surface area contributed by atoms with Crippen LogP contribution in [0.5, 0.6) is 0 Å². The van der Waals surface area contributed by atoms with E-state index in [0.29, 0.717) is 25.7 Å². The number of benzene rings is 1. The minimum absolute atomic E-state index is 0.120. The number of carbonyl (C=O) groups excluding carboxylic acids is 1. The lowest BCUT2D eigenvalue weighted by atomic mass is 9.98. The van der Waals surface area contributed by atoms with Crippen LogP contribution in [0.1, 0.15) is 48.9 Å². The number of nitrogens with zero attached hydrogens (tertiary/aromatic N) is 1. The Morgan fingerprint density at radius 1 is 1.35 bits per heavy atom. The summed E-state index contributed by atoms with van der Waals surface area (Å²) >= 11 is 5.93. The minimum Gasteiger partial charge on any atom is -0.378 e. The Hall–Kier alpha value is -1.66. The highest BCUT2D eigenvalue weighted by Gasteiger charge is 2.16. The molecule has 0 spiro atoms. The quantitative estimate of drug-likeness (QED) is 0.466. The van der Waals surface area contributed by atoms with E-state index in [-0.39, 0.29) is 16.3 Å². The fourth-order valence-corrected chi connectivity index (χ4v) is 2.86. The molecule has 0 aliphatic heterocycles. The number of halogens is 1. The highest BCUT2D eigenvalue weighted by atomic mass is 35.5. The summed E-state index contributed by atoms with van der Waals surface area (Å²) in [6, 6.07) is 3.83. The first-order valence-electron chi connectivity index (χ1n) is 7.91. The standard InChI is InChI=1S/C16H21ClN2O4/c17-15-8-7-12(19(21)22)11-14(15)16(20)18-9-4-10-23-13-5-2-1-3-6-13/h7-8,11,13H,1-6,9-10H2,(H,18,20). The molecule has 0 aromatic heterocycles. The molecule has 0 unspecified atom stereocenters. The molecule has 1 aromatic rings. The molecule has 0 heterocycles. The Bertz CT molecular complexity index is 559. The van der Waals surface area contributed by atoms with Crippen LogP contribution in [0.4, 0.5) is 5.69 Å². The van der Waals surface area contributed by atoms with E-state index in [1.807, 2.05) is 0 Å². The molecule has 1 aromatic carbocycles. The lowest BCUT2D eigenvalue weighted by Crippen LogP contribution is -2.26. The highest BCUT2D eigenvalue weighted by Crippen LogP contribution is 2.22. The van der Waals surface area contributed by atoms with Crippen LogP contribution in [0, 0.1) is 10.1 Å².